The van der Waals surface area contributed by atoms with Gasteiger partial charge in [-0.15, -0.1) is 0 Å². The van der Waals surface area contributed by atoms with E-state index >= 15 is 0 Å². The molecule has 0 bridgehead atoms. The highest BCUT2D eigenvalue weighted by atomic mass is 16.6. The highest BCUT2D eigenvalue weighted by Gasteiger charge is 2.06. The average molecular weight is 564 g/mol. The Bertz CT molecular complexity index is 1120. The summed E-state index contributed by atoms with van der Waals surface area (Å²) >= 11 is 0. The lowest BCUT2D eigenvalue weighted by molar-refractivity contribution is 0.0000852. The summed E-state index contributed by atoms with van der Waals surface area (Å²) < 4.78 is 26.1. The van der Waals surface area contributed by atoms with Gasteiger partial charge in [0.25, 0.3) is 0 Å². The van der Waals surface area contributed by atoms with Crippen molar-refractivity contribution < 1.29 is 43.5 Å². The first-order chi connectivity index (χ1) is 19.4. The first-order valence-electron chi connectivity index (χ1n) is 12.8. The fourth-order valence-electron chi connectivity index (χ4n) is 2.97. The topological polar surface area (TPSA) is 161 Å². The Hall–Kier alpha value is -3.55. The number of nitrogens with zero attached hydrogens (tertiary/aromatic N) is 1. The van der Waals surface area contributed by atoms with Crippen molar-refractivity contribution in [3.05, 3.63) is 47.8 Å². The number of hydrogen-bond acceptors (Lipinski definition) is 11. The van der Waals surface area contributed by atoms with Gasteiger partial charge in [-0.1, -0.05) is 0 Å². The number of carbonyl (C=O) groups excluding carboxylic acids is 2. The highest BCUT2D eigenvalue weighted by Crippen LogP contribution is 2.26. The molecule has 0 aliphatic rings. The SMILES string of the molecule is CCO.CNc1cnc2[nH]c(C(C)=O)cc2c1.COCCOCCOCCOCCOc1ccc(C=O)cc1O. The van der Waals surface area contributed by atoms with E-state index < -0.39 is 0 Å². The van der Waals surface area contributed by atoms with Crippen LogP contribution in [0.1, 0.15) is 34.7 Å². The molecule has 0 spiro atoms. The highest BCUT2D eigenvalue weighted by molar-refractivity contribution is 5.97. The minimum Gasteiger partial charge on any atom is -0.504 e. The Morgan fingerprint density at radius 1 is 1.00 bits per heavy atom. The van der Waals surface area contributed by atoms with Crippen LogP contribution in [0.5, 0.6) is 11.5 Å². The first kappa shape index (κ1) is 34.5. The van der Waals surface area contributed by atoms with Crippen LogP contribution in [0.2, 0.25) is 0 Å². The maximum absolute atomic E-state index is 11.1. The molecule has 40 heavy (non-hydrogen) atoms. The van der Waals surface area contributed by atoms with Gasteiger partial charge in [-0.25, -0.2) is 4.98 Å². The molecule has 0 aliphatic carbocycles. The van der Waals surface area contributed by atoms with E-state index in [4.69, 9.17) is 28.8 Å². The van der Waals surface area contributed by atoms with Gasteiger partial charge < -0.3 is 44.2 Å². The van der Waals surface area contributed by atoms with Crippen LogP contribution in [-0.4, -0.2) is 106 Å². The van der Waals surface area contributed by atoms with Crippen molar-refractivity contribution in [3.8, 4) is 11.5 Å². The first-order valence-corrected chi connectivity index (χ1v) is 12.8. The van der Waals surface area contributed by atoms with Crippen LogP contribution < -0.4 is 10.1 Å². The fourth-order valence-corrected chi connectivity index (χ4v) is 2.97. The number of ketones is 1. The third kappa shape index (κ3) is 14.0. The van der Waals surface area contributed by atoms with Gasteiger partial charge in [-0.3, -0.25) is 9.59 Å². The zero-order valence-electron chi connectivity index (χ0n) is 23.6. The smallest absolute Gasteiger partial charge is 0.176 e. The monoisotopic (exact) mass is 563 g/mol. The lowest BCUT2D eigenvalue weighted by Crippen LogP contribution is -2.13. The number of phenolic OH excluding ortho intramolecular Hbond substituents is 1. The van der Waals surface area contributed by atoms with Crippen molar-refractivity contribution in [2.24, 2.45) is 0 Å². The number of aliphatic hydroxyl groups excluding tert-OH is 1. The Labute approximate surface area is 234 Å². The molecular formula is C28H41N3O9. The third-order valence-corrected chi connectivity index (χ3v) is 4.92. The number of H-pyrrole nitrogens is 1. The number of fused-ring (bicyclic) bond motifs is 1. The van der Waals surface area contributed by atoms with E-state index in [9.17, 15) is 14.7 Å². The Balaban J connectivity index is 0.000000397. The molecule has 0 saturated heterocycles. The van der Waals surface area contributed by atoms with E-state index in [0.29, 0.717) is 76.1 Å². The molecule has 4 N–H and O–H groups in total. The van der Waals surface area contributed by atoms with Gasteiger partial charge in [0.15, 0.2) is 17.3 Å². The normalized spacial score (nSPS) is 10.2. The van der Waals surface area contributed by atoms with Gasteiger partial charge in [-0.2, -0.15) is 0 Å². The summed E-state index contributed by atoms with van der Waals surface area (Å²) in [4.78, 5) is 28.8. The minimum absolute atomic E-state index is 0.0222. The summed E-state index contributed by atoms with van der Waals surface area (Å²) in [6.45, 7) is 7.26. The van der Waals surface area contributed by atoms with Crippen molar-refractivity contribution in [1.82, 2.24) is 9.97 Å². The Morgan fingerprint density at radius 3 is 2.12 bits per heavy atom. The van der Waals surface area contributed by atoms with E-state index in [2.05, 4.69) is 15.3 Å². The van der Waals surface area contributed by atoms with Crippen molar-refractivity contribution in [3.63, 3.8) is 0 Å². The summed E-state index contributed by atoms with van der Waals surface area (Å²) in [5.41, 5.74) is 2.68. The van der Waals surface area contributed by atoms with Crippen LogP contribution >= 0.6 is 0 Å². The predicted molar refractivity (Wildman–Crippen MR) is 152 cm³/mol. The molecule has 0 saturated carbocycles. The number of aromatic nitrogens is 2. The molecule has 2 heterocycles. The van der Waals surface area contributed by atoms with Crippen LogP contribution in [0.4, 0.5) is 5.69 Å². The van der Waals surface area contributed by atoms with Crippen molar-refractivity contribution in [1.29, 1.82) is 0 Å². The second-order valence-electron chi connectivity index (χ2n) is 7.99. The number of phenols is 1. The second kappa shape index (κ2) is 21.3. The minimum atomic E-state index is -0.0635. The zero-order valence-corrected chi connectivity index (χ0v) is 23.6. The number of aromatic amines is 1. The van der Waals surface area contributed by atoms with Gasteiger partial charge in [0.1, 0.15) is 18.5 Å². The summed E-state index contributed by atoms with van der Waals surface area (Å²) in [5.74, 6) is 0.282. The number of aromatic hydroxyl groups is 1. The van der Waals surface area contributed by atoms with Crippen LogP contribution in [0.3, 0.4) is 0 Å². The summed E-state index contributed by atoms with van der Waals surface area (Å²) in [5, 5.41) is 21.1. The molecule has 1 aromatic carbocycles. The molecule has 0 fully saturated rings. The van der Waals surface area contributed by atoms with E-state index in [1.807, 2.05) is 19.2 Å². The number of rotatable bonds is 16. The fraction of sp³-hybridized carbons (Fsp3) is 0.464. The predicted octanol–water partition coefficient (Wildman–Crippen LogP) is 3.09. The molecule has 0 amide bonds. The lowest BCUT2D eigenvalue weighted by atomic mass is 10.2. The summed E-state index contributed by atoms with van der Waals surface area (Å²) in [6, 6.07) is 8.24. The molecule has 0 aliphatic heterocycles. The van der Waals surface area contributed by atoms with E-state index in [1.54, 1.807) is 32.4 Å². The molecule has 3 rings (SSSR count). The van der Waals surface area contributed by atoms with Crippen molar-refractivity contribution in [2.75, 3.05) is 78.9 Å². The van der Waals surface area contributed by atoms with Crippen LogP contribution in [0.25, 0.3) is 11.0 Å². The summed E-state index contributed by atoms with van der Waals surface area (Å²) in [6.07, 6.45) is 2.39. The average Bonchev–Trinajstić information content (AvgIpc) is 3.39. The van der Waals surface area contributed by atoms with Crippen LogP contribution in [0.15, 0.2) is 36.5 Å². The maximum atomic E-state index is 11.1. The van der Waals surface area contributed by atoms with Gasteiger partial charge in [0.2, 0.25) is 0 Å². The largest absolute Gasteiger partial charge is 0.504 e. The molecule has 0 radical (unpaired) electrons. The van der Waals surface area contributed by atoms with Gasteiger partial charge in [0, 0.05) is 38.6 Å². The number of ether oxygens (including phenoxy) is 5. The maximum Gasteiger partial charge on any atom is 0.176 e. The zero-order chi connectivity index (χ0) is 29.6. The molecule has 0 atom stereocenters. The number of Topliss-reactive ketones (excluding diaryl/α,β-unsaturated/α-hetero) is 1. The second-order valence-corrected chi connectivity index (χ2v) is 7.99. The van der Waals surface area contributed by atoms with E-state index in [1.165, 1.54) is 13.0 Å². The van der Waals surface area contributed by atoms with Gasteiger partial charge in [-0.05, 0) is 37.3 Å². The number of benzene rings is 1. The number of hydrogen-bond donors (Lipinski definition) is 4. The van der Waals surface area contributed by atoms with Crippen molar-refractivity contribution >= 4 is 28.8 Å². The Kier molecular flexibility index (Phi) is 18.4. The number of aliphatic hydroxyl groups is 1. The molecule has 222 valence electrons. The third-order valence-electron chi connectivity index (χ3n) is 4.92. The number of methoxy groups -OCH3 is 1. The van der Waals surface area contributed by atoms with Crippen LogP contribution in [-0.2, 0) is 18.9 Å². The van der Waals surface area contributed by atoms with E-state index in [0.717, 1.165) is 16.7 Å². The molecule has 3 aromatic rings. The Morgan fingerprint density at radius 2 is 1.60 bits per heavy atom. The van der Waals surface area contributed by atoms with Crippen LogP contribution in [0, 0.1) is 0 Å². The lowest BCUT2D eigenvalue weighted by Gasteiger charge is -2.09. The van der Waals surface area contributed by atoms with E-state index in [-0.39, 0.29) is 18.1 Å². The quantitative estimate of drug-likeness (QED) is 0.115. The van der Waals surface area contributed by atoms with Gasteiger partial charge in [0.05, 0.1) is 63.8 Å². The molecule has 2 aromatic heterocycles. The molecule has 12 heteroatoms. The molecular weight excluding hydrogens is 522 g/mol. The number of anilines is 1. The number of pyridine rings is 1. The van der Waals surface area contributed by atoms with Crippen molar-refractivity contribution in [2.45, 2.75) is 13.8 Å². The number of carbonyl (C=O) groups is 2. The number of nitrogens with one attached hydrogen (secondary N) is 2. The van der Waals surface area contributed by atoms with Gasteiger partial charge >= 0.3 is 0 Å². The summed E-state index contributed by atoms with van der Waals surface area (Å²) in [7, 11) is 3.46. The molecule has 12 nitrogen and oxygen atoms in total. The molecule has 0 unspecified atom stereocenters. The number of aldehydes is 1. The standard InChI is InChI=1S/C16H24O7.C10H11N3O.C2H6O/c1-19-4-5-20-6-7-21-8-9-22-10-11-23-16-3-2-14(13-17)12-15(16)18;1-6(14)9-4-7-3-8(11-2)5-12-10(7)13-9;1-2-3/h2-3,12-13,18H,4-11H2,1H3;3-5,11H,1-2H3,(H,12,13);3H,2H2,1H3.